The fourth-order valence-electron chi connectivity index (χ4n) is 2.40. The van der Waals surface area contributed by atoms with Crippen LogP contribution in [0.5, 0.6) is 0 Å². The molecule has 0 bridgehead atoms. The third-order valence-electron chi connectivity index (χ3n) is 3.49. The fraction of sp³-hybridized carbons (Fsp3) is 0. The first-order valence-electron chi connectivity index (χ1n) is 6.46. The Morgan fingerprint density at radius 2 is 1.55 bits per heavy atom. The minimum atomic E-state index is 1.00. The smallest absolute Gasteiger partial charge is 0.0931 e. The lowest BCUT2D eigenvalue weighted by Gasteiger charge is -2.04. The highest BCUT2D eigenvalue weighted by Crippen LogP contribution is 2.27. The highest BCUT2D eigenvalue weighted by Gasteiger charge is 2.02. The minimum absolute atomic E-state index is 1.00. The van der Waals surface area contributed by atoms with Crippen LogP contribution in [-0.4, -0.2) is 9.97 Å². The van der Waals surface area contributed by atoms with Crippen molar-refractivity contribution < 1.29 is 0 Å². The van der Waals surface area contributed by atoms with Crippen LogP contribution < -0.4 is 0 Å². The van der Waals surface area contributed by atoms with Gasteiger partial charge in [-0.3, -0.25) is 0 Å². The van der Waals surface area contributed by atoms with Crippen molar-refractivity contribution in [2.24, 2.45) is 0 Å². The number of nitrogens with zero attached hydrogens (tertiary/aromatic N) is 1. The predicted octanol–water partition coefficient (Wildman–Crippen LogP) is 4.96. The second kappa shape index (κ2) is 4.62. The van der Waals surface area contributed by atoms with E-state index in [0.29, 0.717) is 0 Å². The number of rotatable bonds is 2. The van der Waals surface area contributed by atoms with Gasteiger partial charge in [-0.1, -0.05) is 30.3 Å². The Morgan fingerprint density at radius 3 is 2.30 bits per heavy atom. The van der Waals surface area contributed by atoms with Gasteiger partial charge < -0.3 is 4.98 Å². The van der Waals surface area contributed by atoms with Crippen LogP contribution in [0.3, 0.4) is 0 Å². The molecular formula is C17H12N2S. The Balaban J connectivity index is 1.74. The van der Waals surface area contributed by atoms with Gasteiger partial charge in [-0.2, -0.15) is 11.3 Å². The Labute approximate surface area is 120 Å². The highest BCUT2D eigenvalue weighted by molar-refractivity contribution is 7.08. The Bertz CT molecular complexity index is 842. The number of nitrogens with one attached hydrogen (secondary N) is 1. The molecule has 0 aliphatic heterocycles. The van der Waals surface area contributed by atoms with E-state index in [2.05, 4.69) is 63.2 Å². The van der Waals surface area contributed by atoms with Crippen molar-refractivity contribution in [2.75, 3.05) is 0 Å². The summed E-state index contributed by atoms with van der Waals surface area (Å²) < 4.78 is 0. The lowest BCUT2D eigenvalue weighted by atomic mass is 10.0. The summed E-state index contributed by atoms with van der Waals surface area (Å²) in [5.74, 6) is 0. The summed E-state index contributed by atoms with van der Waals surface area (Å²) in [4.78, 5) is 7.40. The molecule has 0 atom stereocenters. The van der Waals surface area contributed by atoms with E-state index >= 15 is 0 Å². The van der Waals surface area contributed by atoms with Crippen LogP contribution in [0.15, 0.2) is 65.6 Å². The second-order valence-electron chi connectivity index (χ2n) is 4.72. The molecule has 4 rings (SSSR count). The van der Waals surface area contributed by atoms with Crippen molar-refractivity contribution in [1.82, 2.24) is 9.97 Å². The Hall–Kier alpha value is -2.39. The van der Waals surface area contributed by atoms with E-state index in [4.69, 9.17) is 0 Å². The molecule has 0 spiro atoms. The lowest BCUT2D eigenvalue weighted by molar-refractivity contribution is 1.34. The third-order valence-corrected chi connectivity index (χ3v) is 4.18. The maximum atomic E-state index is 4.25. The number of imidazole rings is 1. The maximum Gasteiger partial charge on any atom is 0.0931 e. The number of hydrogen-bond donors (Lipinski definition) is 1. The molecule has 0 fully saturated rings. The molecule has 2 aromatic heterocycles. The van der Waals surface area contributed by atoms with Crippen molar-refractivity contribution >= 4 is 22.4 Å². The molecule has 3 heteroatoms. The van der Waals surface area contributed by atoms with Crippen LogP contribution in [0.2, 0.25) is 0 Å². The zero-order chi connectivity index (χ0) is 13.4. The predicted molar refractivity (Wildman–Crippen MR) is 84.8 cm³/mol. The van der Waals surface area contributed by atoms with Crippen molar-refractivity contribution in [3.8, 4) is 22.3 Å². The average Bonchev–Trinajstić information content (AvgIpc) is 3.18. The van der Waals surface area contributed by atoms with Crippen molar-refractivity contribution in [2.45, 2.75) is 0 Å². The first-order chi connectivity index (χ1) is 9.90. The highest BCUT2D eigenvalue weighted by atomic mass is 32.1. The monoisotopic (exact) mass is 276 g/mol. The Kier molecular flexibility index (Phi) is 2.64. The number of hydrogen-bond acceptors (Lipinski definition) is 2. The van der Waals surface area contributed by atoms with Gasteiger partial charge in [0.2, 0.25) is 0 Å². The molecular weight excluding hydrogens is 264 g/mol. The summed E-state index contributed by atoms with van der Waals surface area (Å²) in [5, 5.41) is 4.28. The maximum absolute atomic E-state index is 4.25. The first kappa shape index (κ1) is 11.4. The molecule has 0 aliphatic rings. The molecule has 96 valence electrons. The van der Waals surface area contributed by atoms with E-state index in [9.17, 15) is 0 Å². The standard InChI is InChI=1S/C17H12N2S/c1-3-13(15-7-8-20-10-15)4-2-12(1)14-5-6-16-17(9-14)19-11-18-16/h1-11H,(H,18,19). The third kappa shape index (κ3) is 1.92. The quantitative estimate of drug-likeness (QED) is 0.551. The van der Waals surface area contributed by atoms with Crippen molar-refractivity contribution in [1.29, 1.82) is 0 Å². The van der Waals surface area contributed by atoms with E-state index < -0.39 is 0 Å². The first-order valence-corrected chi connectivity index (χ1v) is 7.40. The van der Waals surface area contributed by atoms with Crippen molar-refractivity contribution in [3.63, 3.8) is 0 Å². The molecule has 1 N–H and O–H groups in total. The van der Waals surface area contributed by atoms with E-state index in [1.54, 1.807) is 17.7 Å². The normalized spacial score (nSPS) is 11.0. The molecule has 0 radical (unpaired) electrons. The zero-order valence-corrected chi connectivity index (χ0v) is 11.5. The molecule has 2 aromatic carbocycles. The Morgan fingerprint density at radius 1 is 0.800 bits per heavy atom. The van der Waals surface area contributed by atoms with Crippen LogP contribution >= 0.6 is 11.3 Å². The molecule has 0 aliphatic carbocycles. The number of aromatic amines is 1. The van der Waals surface area contributed by atoms with Crippen molar-refractivity contribution in [3.05, 3.63) is 65.6 Å². The molecule has 0 amide bonds. The molecule has 0 unspecified atom stereocenters. The van der Waals surface area contributed by atoms with Crippen LogP contribution in [-0.2, 0) is 0 Å². The van der Waals surface area contributed by atoms with Crippen LogP contribution in [0.25, 0.3) is 33.3 Å². The molecule has 2 heterocycles. The van der Waals surface area contributed by atoms with E-state index in [1.165, 1.54) is 22.3 Å². The second-order valence-corrected chi connectivity index (χ2v) is 5.50. The van der Waals surface area contributed by atoms with Crippen LogP contribution in [0.4, 0.5) is 0 Å². The van der Waals surface area contributed by atoms with E-state index in [-0.39, 0.29) is 0 Å². The van der Waals surface area contributed by atoms with E-state index in [1.807, 2.05) is 6.07 Å². The van der Waals surface area contributed by atoms with Crippen LogP contribution in [0, 0.1) is 0 Å². The summed E-state index contributed by atoms with van der Waals surface area (Å²) in [6, 6.07) is 17.1. The van der Waals surface area contributed by atoms with Gasteiger partial charge >= 0.3 is 0 Å². The summed E-state index contributed by atoms with van der Waals surface area (Å²) in [6.45, 7) is 0. The summed E-state index contributed by atoms with van der Waals surface area (Å²) >= 11 is 1.73. The topological polar surface area (TPSA) is 28.7 Å². The van der Waals surface area contributed by atoms with Gasteiger partial charge in [-0.05, 0) is 51.2 Å². The fourth-order valence-corrected chi connectivity index (χ4v) is 3.06. The van der Waals surface area contributed by atoms with Gasteiger partial charge in [-0.15, -0.1) is 0 Å². The number of thiophene rings is 1. The van der Waals surface area contributed by atoms with Gasteiger partial charge in [0.15, 0.2) is 0 Å². The number of benzene rings is 2. The lowest BCUT2D eigenvalue weighted by Crippen LogP contribution is -1.80. The SMILES string of the molecule is c1nc2ccc(-c3ccc(-c4ccsc4)cc3)cc2[nH]1. The van der Waals surface area contributed by atoms with Crippen LogP contribution in [0.1, 0.15) is 0 Å². The molecule has 2 nitrogen and oxygen atoms in total. The number of H-pyrrole nitrogens is 1. The molecule has 0 saturated carbocycles. The molecule has 20 heavy (non-hydrogen) atoms. The van der Waals surface area contributed by atoms with Gasteiger partial charge in [0, 0.05) is 0 Å². The molecule has 4 aromatic rings. The summed E-state index contributed by atoms with van der Waals surface area (Å²) in [5.41, 5.74) is 7.05. The van der Waals surface area contributed by atoms with Gasteiger partial charge in [-0.25, -0.2) is 4.98 Å². The molecule has 0 saturated heterocycles. The van der Waals surface area contributed by atoms with Gasteiger partial charge in [0.1, 0.15) is 0 Å². The summed E-state index contributed by atoms with van der Waals surface area (Å²) in [6.07, 6.45) is 1.73. The van der Waals surface area contributed by atoms with Gasteiger partial charge in [0.25, 0.3) is 0 Å². The number of fused-ring (bicyclic) bond motifs is 1. The van der Waals surface area contributed by atoms with Gasteiger partial charge in [0.05, 0.1) is 17.4 Å². The zero-order valence-electron chi connectivity index (χ0n) is 10.7. The largest absolute Gasteiger partial charge is 0.345 e. The number of aromatic nitrogens is 2. The summed E-state index contributed by atoms with van der Waals surface area (Å²) in [7, 11) is 0. The average molecular weight is 276 g/mol. The minimum Gasteiger partial charge on any atom is -0.345 e. The van der Waals surface area contributed by atoms with E-state index in [0.717, 1.165) is 11.0 Å².